The van der Waals surface area contributed by atoms with E-state index in [0.29, 0.717) is 29.0 Å². The highest BCUT2D eigenvalue weighted by Crippen LogP contribution is 2.29. The third-order valence-corrected chi connectivity index (χ3v) is 5.78. The molecule has 28 heavy (non-hydrogen) atoms. The summed E-state index contributed by atoms with van der Waals surface area (Å²) in [6, 6.07) is 17.2. The Morgan fingerprint density at radius 2 is 1.68 bits per heavy atom. The van der Waals surface area contributed by atoms with E-state index in [-0.39, 0.29) is 5.43 Å². The van der Waals surface area contributed by atoms with Crippen LogP contribution in [0.2, 0.25) is 0 Å². The van der Waals surface area contributed by atoms with Gasteiger partial charge in [0, 0.05) is 16.6 Å². The quantitative estimate of drug-likeness (QED) is 0.610. The Hall–Kier alpha value is -2.88. The van der Waals surface area contributed by atoms with Crippen molar-refractivity contribution in [1.82, 2.24) is 4.57 Å². The number of nitrogens with zero attached hydrogens (tertiary/aromatic N) is 1. The number of hydrogen-bond donors (Lipinski definition) is 0. The summed E-state index contributed by atoms with van der Waals surface area (Å²) in [7, 11) is 1.38. The zero-order valence-corrected chi connectivity index (χ0v) is 16.2. The molecule has 1 saturated carbocycles. The maximum Gasteiger partial charge on any atom is 0.355 e. The number of para-hydroxylation sites is 2. The molecule has 0 spiro atoms. The smallest absolute Gasteiger partial charge is 0.355 e. The highest BCUT2D eigenvalue weighted by atomic mass is 16.5. The Morgan fingerprint density at radius 1 is 1.00 bits per heavy atom. The molecule has 0 saturated heterocycles. The van der Waals surface area contributed by atoms with E-state index in [0.717, 1.165) is 24.0 Å². The van der Waals surface area contributed by atoms with Crippen molar-refractivity contribution in [3.63, 3.8) is 0 Å². The van der Waals surface area contributed by atoms with Gasteiger partial charge in [0.15, 0.2) is 5.43 Å². The minimum absolute atomic E-state index is 0.0474. The first-order chi connectivity index (χ1) is 13.7. The molecule has 0 atom stereocenters. The van der Waals surface area contributed by atoms with Gasteiger partial charge in [-0.1, -0.05) is 62.4 Å². The molecular formula is C24H25NO3. The van der Waals surface area contributed by atoms with Gasteiger partial charge in [-0.05, 0) is 36.6 Å². The average Bonchev–Trinajstić information content (AvgIpc) is 2.76. The minimum Gasteiger partial charge on any atom is -0.464 e. The molecule has 0 N–H and O–H groups in total. The van der Waals surface area contributed by atoms with E-state index in [2.05, 4.69) is 0 Å². The second kappa shape index (κ2) is 8.01. The fourth-order valence-corrected chi connectivity index (χ4v) is 4.41. The van der Waals surface area contributed by atoms with Crippen LogP contribution >= 0.6 is 0 Å². The van der Waals surface area contributed by atoms with Gasteiger partial charge in [-0.3, -0.25) is 4.79 Å². The van der Waals surface area contributed by atoms with Crippen molar-refractivity contribution in [2.24, 2.45) is 5.92 Å². The van der Waals surface area contributed by atoms with Gasteiger partial charge in [-0.2, -0.15) is 0 Å². The first-order valence-electron chi connectivity index (χ1n) is 10.0. The number of benzene rings is 2. The van der Waals surface area contributed by atoms with Gasteiger partial charge in [0.05, 0.1) is 12.6 Å². The molecule has 1 fully saturated rings. The zero-order chi connectivity index (χ0) is 19.5. The lowest BCUT2D eigenvalue weighted by Gasteiger charge is -2.24. The van der Waals surface area contributed by atoms with Gasteiger partial charge in [0.25, 0.3) is 0 Å². The topological polar surface area (TPSA) is 48.3 Å². The van der Waals surface area contributed by atoms with Gasteiger partial charge in [0.2, 0.25) is 0 Å². The number of rotatable bonds is 4. The third-order valence-electron chi connectivity index (χ3n) is 5.78. The standard InChI is InChI=1S/C24H25NO3/c1-28-24(27)22-20(16-17-10-4-2-5-11-17)23(26)19-14-8-9-15-21(19)25(22)18-12-6-3-7-13-18/h3,6-9,12-15,17H,2,4-5,10-11,16H2,1H3. The number of fused-ring (bicyclic) bond motifs is 1. The predicted octanol–water partition coefficient (Wildman–Crippen LogP) is 4.90. The Balaban J connectivity index is 2.02. The van der Waals surface area contributed by atoms with Crippen molar-refractivity contribution in [3.05, 3.63) is 76.1 Å². The van der Waals surface area contributed by atoms with Crippen molar-refractivity contribution in [2.45, 2.75) is 38.5 Å². The van der Waals surface area contributed by atoms with Crippen molar-refractivity contribution < 1.29 is 9.53 Å². The second-order valence-electron chi connectivity index (χ2n) is 7.54. The molecule has 144 valence electrons. The van der Waals surface area contributed by atoms with Crippen LogP contribution in [0.3, 0.4) is 0 Å². The molecule has 3 aromatic rings. The number of carbonyl (C=O) groups is 1. The Bertz CT molecular complexity index is 1050. The lowest BCUT2D eigenvalue weighted by Crippen LogP contribution is -2.26. The molecule has 0 radical (unpaired) electrons. The van der Waals surface area contributed by atoms with E-state index in [4.69, 9.17) is 4.74 Å². The minimum atomic E-state index is -0.461. The normalized spacial score (nSPS) is 14.9. The number of pyridine rings is 1. The molecule has 0 aliphatic heterocycles. The summed E-state index contributed by atoms with van der Waals surface area (Å²) in [5.74, 6) is -0.0206. The summed E-state index contributed by atoms with van der Waals surface area (Å²) in [5, 5.41) is 0.643. The van der Waals surface area contributed by atoms with Gasteiger partial charge in [-0.25, -0.2) is 4.79 Å². The van der Waals surface area contributed by atoms with Crippen LogP contribution in [-0.2, 0) is 11.2 Å². The summed E-state index contributed by atoms with van der Waals surface area (Å²) in [6.45, 7) is 0. The lowest BCUT2D eigenvalue weighted by molar-refractivity contribution is 0.0589. The van der Waals surface area contributed by atoms with Crippen LogP contribution in [0.15, 0.2) is 59.4 Å². The molecule has 1 aliphatic rings. The monoisotopic (exact) mass is 375 g/mol. The van der Waals surface area contributed by atoms with Gasteiger partial charge in [-0.15, -0.1) is 0 Å². The predicted molar refractivity (Wildman–Crippen MR) is 111 cm³/mol. The fourth-order valence-electron chi connectivity index (χ4n) is 4.41. The summed E-state index contributed by atoms with van der Waals surface area (Å²) >= 11 is 0. The number of hydrogen-bond acceptors (Lipinski definition) is 3. The molecule has 2 aromatic carbocycles. The Labute approximate surface area is 164 Å². The van der Waals surface area contributed by atoms with Crippen LogP contribution in [-0.4, -0.2) is 17.6 Å². The SMILES string of the molecule is COC(=O)c1c(CC2CCCCC2)c(=O)c2ccccc2n1-c1ccccc1. The summed E-state index contributed by atoms with van der Waals surface area (Å²) in [4.78, 5) is 26.3. The van der Waals surface area contributed by atoms with Gasteiger partial charge >= 0.3 is 5.97 Å². The van der Waals surface area contributed by atoms with Crippen LogP contribution in [0.1, 0.15) is 48.2 Å². The van der Waals surface area contributed by atoms with E-state index in [1.54, 1.807) is 0 Å². The molecule has 0 unspecified atom stereocenters. The van der Waals surface area contributed by atoms with Gasteiger partial charge in [0.1, 0.15) is 5.69 Å². The molecule has 4 nitrogen and oxygen atoms in total. The number of ether oxygens (including phenoxy) is 1. The second-order valence-corrected chi connectivity index (χ2v) is 7.54. The van der Waals surface area contributed by atoms with Crippen LogP contribution in [0.25, 0.3) is 16.6 Å². The van der Waals surface area contributed by atoms with E-state index in [1.807, 2.05) is 59.2 Å². The summed E-state index contributed by atoms with van der Waals surface area (Å²) in [5.41, 5.74) is 2.48. The molecule has 0 bridgehead atoms. The largest absolute Gasteiger partial charge is 0.464 e. The fraction of sp³-hybridized carbons (Fsp3) is 0.333. The zero-order valence-electron chi connectivity index (χ0n) is 16.2. The van der Waals surface area contributed by atoms with E-state index in [1.165, 1.54) is 26.4 Å². The van der Waals surface area contributed by atoms with Crippen molar-refractivity contribution in [1.29, 1.82) is 0 Å². The lowest BCUT2D eigenvalue weighted by atomic mass is 9.84. The molecular weight excluding hydrogens is 350 g/mol. The molecule has 4 heteroatoms. The van der Waals surface area contributed by atoms with E-state index < -0.39 is 5.97 Å². The van der Waals surface area contributed by atoms with Crippen LogP contribution < -0.4 is 5.43 Å². The third kappa shape index (κ3) is 3.35. The maximum atomic E-state index is 13.4. The molecule has 4 rings (SSSR count). The molecule has 1 aliphatic carbocycles. The van der Waals surface area contributed by atoms with Crippen LogP contribution in [0.4, 0.5) is 0 Å². The summed E-state index contributed by atoms with van der Waals surface area (Å²) in [6.07, 6.45) is 6.49. The van der Waals surface area contributed by atoms with Crippen molar-refractivity contribution in [2.75, 3.05) is 7.11 Å². The number of carbonyl (C=O) groups excluding carboxylic acids is 1. The Kier molecular flexibility index (Phi) is 5.29. The Morgan fingerprint density at radius 3 is 2.39 bits per heavy atom. The van der Waals surface area contributed by atoms with Gasteiger partial charge < -0.3 is 9.30 Å². The average molecular weight is 375 g/mol. The van der Waals surface area contributed by atoms with Crippen LogP contribution in [0.5, 0.6) is 0 Å². The maximum absolute atomic E-state index is 13.4. The number of aromatic nitrogens is 1. The van der Waals surface area contributed by atoms with E-state index >= 15 is 0 Å². The number of methoxy groups -OCH3 is 1. The number of esters is 1. The molecule has 0 amide bonds. The van der Waals surface area contributed by atoms with E-state index in [9.17, 15) is 9.59 Å². The highest BCUT2D eigenvalue weighted by Gasteiger charge is 2.26. The van der Waals surface area contributed by atoms with Crippen molar-refractivity contribution >= 4 is 16.9 Å². The molecule has 1 aromatic heterocycles. The van der Waals surface area contributed by atoms with Crippen LogP contribution in [0, 0.1) is 5.92 Å². The molecule has 1 heterocycles. The highest BCUT2D eigenvalue weighted by molar-refractivity contribution is 5.95. The first kappa shape index (κ1) is 18.5. The summed E-state index contributed by atoms with van der Waals surface area (Å²) < 4.78 is 7.02. The first-order valence-corrected chi connectivity index (χ1v) is 10.0. The van der Waals surface area contributed by atoms with Crippen molar-refractivity contribution in [3.8, 4) is 5.69 Å².